The highest BCUT2D eigenvalue weighted by molar-refractivity contribution is 5.75. The van der Waals surface area contributed by atoms with Crippen LogP contribution in [0.25, 0.3) is 0 Å². The van der Waals surface area contributed by atoms with Crippen molar-refractivity contribution in [1.29, 1.82) is 0 Å². The van der Waals surface area contributed by atoms with Crippen LogP contribution in [0.2, 0.25) is 0 Å². The topological polar surface area (TPSA) is 38.8 Å². The number of hydrogen-bond acceptors (Lipinski definition) is 4. The molecule has 2 atom stereocenters. The SMILES string of the molecule is CCCCC(C(=O)OC)N1CC(C)OC(C)(C)C1. The van der Waals surface area contributed by atoms with Gasteiger partial charge in [0.05, 0.1) is 18.8 Å². The summed E-state index contributed by atoms with van der Waals surface area (Å²) in [5.74, 6) is -0.117. The predicted octanol–water partition coefficient (Wildman–Crippen LogP) is 2.22. The van der Waals surface area contributed by atoms with E-state index in [1.807, 2.05) is 0 Å². The Morgan fingerprint density at radius 2 is 2.22 bits per heavy atom. The maximum absolute atomic E-state index is 11.9. The van der Waals surface area contributed by atoms with Gasteiger partial charge in [0, 0.05) is 13.1 Å². The Labute approximate surface area is 111 Å². The van der Waals surface area contributed by atoms with Gasteiger partial charge in [-0.2, -0.15) is 0 Å². The van der Waals surface area contributed by atoms with Crippen molar-refractivity contribution in [3.63, 3.8) is 0 Å². The first-order valence-corrected chi connectivity index (χ1v) is 6.89. The van der Waals surface area contributed by atoms with E-state index in [9.17, 15) is 4.79 Å². The number of hydrogen-bond donors (Lipinski definition) is 0. The fourth-order valence-corrected chi connectivity index (χ4v) is 2.72. The minimum atomic E-state index is -0.198. The average Bonchev–Trinajstić information content (AvgIpc) is 2.26. The van der Waals surface area contributed by atoms with Crippen LogP contribution in [0.1, 0.15) is 47.0 Å². The van der Waals surface area contributed by atoms with Crippen LogP contribution >= 0.6 is 0 Å². The zero-order valence-electron chi connectivity index (χ0n) is 12.4. The maximum Gasteiger partial charge on any atom is 0.323 e. The smallest absolute Gasteiger partial charge is 0.323 e. The standard InChI is InChI=1S/C14H27NO3/c1-6-7-8-12(13(16)17-5)15-9-11(2)18-14(3,4)10-15/h11-12H,6-10H2,1-5H3. The van der Waals surface area contributed by atoms with Crippen LogP contribution in [0.5, 0.6) is 0 Å². The molecule has 0 aromatic rings. The molecule has 4 nitrogen and oxygen atoms in total. The first-order chi connectivity index (χ1) is 8.39. The number of esters is 1. The molecule has 1 aliphatic rings. The van der Waals surface area contributed by atoms with Crippen LogP contribution in [0.3, 0.4) is 0 Å². The highest BCUT2D eigenvalue weighted by atomic mass is 16.5. The second kappa shape index (κ2) is 6.53. The van der Waals surface area contributed by atoms with Crippen molar-refractivity contribution in [2.75, 3.05) is 20.2 Å². The first-order valence-electron chi connectivity index (χ1n) is 6.89. The molecule has 4 heteroatoms. The average molecular weight is 257 g/mol. The van der Waals surface area contributed by atoms with Crippen molar-refractivity contribution >= 4 is 5.97 Å². The molecule has 0 spiro atoms. The lowest BCUT2D eigenvalue weighted by Crippen LogP contribution is -2.57. The van der Waals surface area contributed by atoms with Crippen LogP contribution in [-0.2, 0) is 14.3 Å². The normalized spacial score (nSPS) is 25.7. The maximum atomic E-state index is 11.9. The predicted molar refractivity (Wildman–Crippen MR) is 71.5 cm³/mol. The number of carbonyl (C=O) groups is 1. The first kappa shape index (κ1) is 15.4. The van der Waals surface area contributed by atoms with E-state index in [2.05, 4.69) is 32.6 Å². The summed E-state index contributed by atoms with van der Waals surface area (Å²) in [7, 11) is 1.47. The minimum Gasteiger partial charge on any atom is -0.468 e. The van der Waals surface area contributed by atoms with Crippen molar-refractivity contribution in [2.45, 2.75) is 64.7 Å². The largest absolute Gasteiger partial charge is 0.468 e. The molecule has 0 bridgehead atoms. The molecular weight excluding hydrogens is 230 g/mol. The number of nitrogens with zero attached hydrogens (tertiary/aromatic N) is 1. The molecule has 1 fully saturated rings. The Balaban J connectivity index is 2.74. The second-order valence-electron chi connectivity index (χ2n) is 5.80. The fraction of sp³-hybridized carbons (Fsp3) is 0.929. The number of methoxy groups -OCH3 is 1. The number of unbranched alkanes of at least 4 members (excludes halogenated alkanes) is 1. The third kappa shape index (κ3) is 4.25. The van der Waals surface area contributed by atoms with E-state index in [4.69, 9.17) is 9.47 Å². The van der Waals surface area contributed by atoms with Gasteiger partial charge in [-0.15, -0.1) is 0 Å². The van der Waals surface area contributed by atoms with Crippen molar-refractivity contribution in [2.24, 2.45) is 0 Å². The minimum absolute atomic E-state index is 0.117. The zero-order chi connectivity index (χ0) is 13.8. The van der Waals surface area contributed by atoms with Gasteiger partial charge in [0.25, 0.3) is 0 Å². The summed E-state index contributed by atoms with van der Waals surface area (Å²) in [5.41, 5.74) is -0.198. The van der Waals surface area contributed by atoms with E-state index in [1.54, 1.807) is 0 Å². The lowest BCUT2D eigenvalue weighted by atomic mass is 10.0. The quantitative estimate of drug-likeness (QED) is 0.708. The van der Waals surface area contributed by atoms with E-state index >= 15 is 0 Å². The van der Waals surface area contributed by atoms with Crippen molar-refractivity contribution in [3.8, 4) is 0 Å². The molecule has 0 amide bonds. The van der Waals surface area contributed by atoms with Gasteiger partial charge in [-0.3, -0.25) is 9.69 Å². The molecule has 0 aromatic heterocycles. The number of ether oxygens (including phenoxy) is 2. The van der Waals surface area contributed by atoms with Crippen LogP contribution in [0.4, 0.5) is 0 Å². The Morgan fingerprint density at radius 1 is 1.56 bits per heavy atom. The van der Waals surface area contributed by atoms with E-state index in [1.165, 1.54) is 7.11 Å². The zero-order valence-corrected chi connectivity index (χ0v) is 12.4. The van der Waals surface area contributed by atoms with Crippen LogP contribution in [0.15, 0.2) is 0 Å². The molecule has 1 rings (SSSR count). The van der Waals surface area contributed by atoms with Gasteiger partial charge in [-0.25, -0.2) is 0 Å². The summed E-state index contributed by atoms with van der Waals surface area (Å²) < 4.78 is 10.8. The summed E-state index contributed by atoms with van der Waals surface area (Å²) in [4.78, 5) is 14.1. The molecule has 18 heavy (non-hydrogen) atoms. The Bertz CT molecular complexity index is 278. The third-order valence-electron chi connectivity index (χ3n) is 3.34. The van der Waals surface area contributed by atoms with Crippen LogP contribution in [0, 0.1) is 0 Å². The van der Waals surface area contributed by atoms with Crippen molar-refractivity contribution in [3.05, 3.63) is 0 Å². The van der Waals surface area contributed by atoms with E-state index < -0.39 is 0 Å². The van der Waals surface area contributed by atoms with Crippen LogP contribution in [-0.4, -0.2) is 48.8 Å². The Morgan fingerprint density at radius 3 is 2.72 bits per heavy atom. The molecule has 106 valence electrons. The summed E-state index contributed by atoms with van der Waals surface area (Å²) in [6.07, 6.45) is 3.16. The number of carbonyl (C=O) groups excluding carboxylic acids is 1. The molecular formula is C14H27NO3. The van der Waals surface area contributed by atoms with Gasteiger partial charge >= 0.3 is 5.97 Å². The van der Waals surface area contributed by atoms with Crippen molar-refractivity contribution < 1.29 is 14.3 Å². The van der Waals surface area contributed by atoms with Gasteiger partial charge < -0.3 is 9.47 Å². The molecule has 0 N–H and O–H groups in total. The Kier molecular flexibility index (Phi) is 5.60. The summed E-state index contributed by atoms with van der Waals surface area (Å²) in [5, 5.41) is 0. The summed E-state index contributed by atoms with van der Waals surface area (Å²) in [6, 6.07) is -0.124. The third-order valence-corrected chi connectivity index (χ3v) is 3.34. The highest BCUT2D eigenvalue weighted by Gasteiger charge is 2.37. The van der Waals surface area contributed by atoms with Gasteiger partial charge in [0.15, 0.2) is 0 Å². The van der Waals surface area contributed by atoms with Crippen molar-refractivity contribution in [1.82, 2.24) is 4.90 Å². The number of rotatable bonds is 5. The molecule has 1 heterocycles. The van der Waals surface area contributed by atoms with Crippen LogP contribution < -0.4 is 0 Å². The van der Waals surface area contributed by atoms with Gasteiger partial charge in [0.2, 0.25) is 0 Å². The van der Waals surface area contributed by atoms with E-state index in [-0.39, 0.29) is 23.7 Å². The molecule has 1 saturated heterocycles. The molecule has 1 aliphatic heterocycles. The highest BCUT2D eigenvalue weighted by Crippen LogP contribution is 2.24. The monoisotopic (exact) mass is 257 g/mol. The Hall–Kier alpha value is -0.610. The second-order valence-corrected chi connectivity index (χ2v) is 5.80. The van der Waals surface area contributed by atoms with E-state index in [0.717, 1.165) is 32.4 Å². The lowest BCUT2D eigenvalue weighted by Gasteiger charge is -2.44. The molecule has 0 saturated carbocycles. The number of morpholine rings is 1. The molecule has 0 radical (unpaired) electrons. The molecule has 2 unspecified atom stereocenters. The van der Waals surface area contributed by atoms with Gasteiger partial charge in [0.1, 0.15) is 6.04 Å². The lowest BCUT2D eigenvalue weighted by molar-refractivity contribution is -0.163. The van der Waals surface area contributed by atoms with Gasteiger partial charge in [-0.1, -0.05) is 19.8 Å². The van der Waals surface area contributed by atoms with E-state index in [0.29, 0.717) is 0 Å². The van der Waals surface area contributed by atoms with Gasteiger partial charge in [-0.05, 0) is 27.2 Å². The summed E-state index contributed by atoms with van der Waals surface area (Å²) >= 11 is 0. The fourth-order valence-electron chi connectivity index (χ4n) is 2.72. The summed E-state index contributed by atoms with van der Waals surface area (Å²) in [6.45, 7) is 9.92. The molecule has 0 aliphatic carbocycles. The molecule has 0 aromatic carbocycles.